The van der Waals surface area contributed by atoms with Crippen molar-refractivity contribution < 1.29 is 22.7 Å². The third kappa shape index (κ3) is 4.01. The van der Waals surface area contributed by atoms with Gasteiger partial charge in [0.2, 0.25) is 5.91 Å². The first-order valence-corrected chi connectivity index (χ1v) is 8.03. The number of hydrazine groups is 1. The van der Waals surface area contributed by atoms with Crippen molar-refractivity contribution >= 4 is 5.91 Å². The quantitative estimate of drug-likeness (QED) is 0.797. The number of ether oxygens (including phenoxy) is 1. The summed E-state index contributed by atoms with van der Waals surface area (Å²) in [6.45, 7) is 5.56. The number of benzene rings is 1. The lowest BCUT2D eigenvalue weighted by Gasteiger charge is -2.31. The number of halogens is 3. The molecule has 24 heavy (non-hydrogen) atoms. The molecule has 0 bridgehead atoms. The van der Waals surface area contributed by atoms with Crippen molar-refractivity contribution in [3.8, 4) is 5.75 Å². The van der Waals surface area contributed by atoms with E-state index in [1.54, 1.807) is 26.0 Å². The molecular formula is C17H23F3N2O2. The van der Waals surface area contributed by atoms with E-state index in [9.17, 15) is 18.0 Å². The molecule has 134 valence electrons. The molecule has 1 aliphatic rings. The molecule has 1 heterocycles. The Morgan fingerprint density at radius 3 is 2.54 bits per heavy atom. The number of hydrogen-bond acceptors (Lipinski definition) is 3. The Morgan fingerprint density at radius 2 is 2.00 bits per heavy atom. The molecule has 7 heteroatoms. The smallest absolute Gasteiger partial charge is 0.410 e. The van der Waals surface area contributed by atoms with Gasteiger partial charge < -0.3 is 4.74 Å². The second kappa shape index (κ2) is 7.01. The topological polar surface area (TPSA) is 41.6 Å². The third-order valence-corrected chi connectivity index (χ3v) is 4.02. The number of nitrogens with zero attached hydrogens (tertiary/aromatic N) is 1. The lowest BCUT2D eigenvalue weighted by atomic mass is 9.93. The molecule has 0 aliphatic carbocycles. The molecule has 0 radical (unpaired) electrons. The number of amides is 1. The lowest BCUT2D eigenvalue weighted by molar-refractivity contribution is -0.192. The first-order valence-electron chi connectivity index (χ1n) is 8.03. The predicted octanol–water partition coefficient (Wildman–Crippen LogP) is 3.84. The Morgan fingerprint density at radius 1 is 1.33 bits per heavy atom. The van der Waals surface area contributed by atoms with Gasteiger partial charge in [0.05, 0.1) is 12.0 Å². The summed E-state index contributed by atoms with van der Waals surface area (Å²) in [5.41, 5.74) is 1.50. The maximum atomic E-state index is 13.8. The standard InChI is InChI=1S/C17H23F3N2O2/c1-4-5-10-24-13-9-7-6-8-12(13)14(17(18,19)20)22-11-16(2,3)15(23)21-22/h6-9,14H,4-5,10-11H2,1-3H3,(H,21,23)/t14-/m0/s1. The number of carbonyl (C=O) groups is 1. The van der Waals surface area contributed by atoms with Gasteiger partial charge in [-0.05, 0) is 26.3 Å². The number of unbranched alkanes of at least 4 members (excludes halogenated alkanes) is 1. The first-order chi connectivity index (χ1) is 11.2. The summed E-state index contributed by atoms with van der Waals surface area (Å²) in [4.78, 5) is 11.9. The van der Waals surface area contributed by atoms with E-state index in [-0.39, 0.29) is 17.9 Å². The minimum atomic E-state index is -4.54. The lowest BCUT2D eigenvalue weighted by Crippen LogP contribution is -2.43. The number of rotatable bonds is 6. The van der Waals surface area contributed by atoms with Crippen LogP contribution in [-0.2, 0) is 4.79 Å². The van der Waals surface area contributed by atoms with Crippen molar-refractivity contribution in [1.82, 2.24) is 10.4 Å². The summed E-state index contributed by atoms with van der Waals surface area (Å²) in [5, 5.41) is 0.963. The molecule has 2 rings (SSSR count). The van der Waals surface area contributed by atoms with Gasteiger partial charge in [-0.1, -0.05) is 31.5 Å². The molecule has 1 aromatic rings. The van der Waals surface area contributed by atoms with E-state index in [2.05, 4.69) is 5.43 Å². The van der Waals surface area contributed by atoms with Crippen LogP contribution in [0.5, 0.6) is 5.75 Å². The van der Waals surface area contributed by atoms with Crippen molar-refractivity contribution in [1.29, 1.82) is 0 Å². The van der Waals surface area contributed by atoms with Gasteiger partial charge in [0.25, 0.3) is 0 Å². The van der Waals surface area contributed by atoms with E-state index in [0.717, 1.165) is 17.9 Å². The minimum absolute atomic E-state index is 0.0131. The molecule has 1 aliphatic heterocycles. The van der Waals surface area contributed by atoms with Crippen LogP contribution in [0.25, 0.3) is 0 Å². The fourth-order valence-electron chi connectivity index (χ4n) is 2.66. The Labute approximate surface area is 139 Å². The van der Waals surface area contributed by atoms with Crippen LogP contribution in [0.4, 0.5) is 13.2 Å². The van der Waals surface area contributed by atoms with Crippen molar-refractivity contribution in [2.24, 2.45) is 5.41 Å². The van der Waals surface area contributed by atoms with Crippen LogP contribution in [0.15, 0.2) is 24.3 Å². The maximum absolute atomic E-state index is 13.8. The highest BCUT2D eigenvalue weighted by atomic mass is 19.4. The van der Waals surface area contributed by atoms with Gasteiger partial charge in [0.15, 0.2) is 6.04 Å². The van der Waals surface area contributed by atoms with Gasteiger partial charge in [-0.3, -0.25) is 10.2 Å². The molecule has 1 atom stereocenters. The van der Waals surface area contributed by atoms with E-state index in [1.807, 2.05) is 6.92 Å². The van der Waals surface area contributed by atoms with E-state index < -0.39 is 23.5 Å². The summed E-state index contributed by atoms with van der Waals surface area (Å²) in [7, 11) is 0. The molecule has 1 amide bonds. The van der Waals surface area contributed by atoms with E-state index in [4.69, 9.17) is 4.74 Å². The van der Waals surface area contributed by atoms with Crippen molar-refractivity contribution in [2.45, 2.75) is 45.8 Å². The van der Waals surface area contributed by atoms with Gasteiger partial charge in [-0.15, -0.1) is 0 Å². The Balaban J connectivity index is 2.35. The second-order valence-corrected chi connectivity index (χ2v) is 6.64. The second-order valence-electron chi connectivity index (χ2n) is 6.64. The predicted molar refractivity (Wildman–Crippen MR) is 84.3 cm³/mol. The van der Waals surface area contributed by atoms with Crippen molar-refractivity contribution in [3.05, 3.63) is 29.8 Å². The Kier molecular flexibility index (Phi) is 5.42. The summed E-state index contributed by atoms with van der Waals surface area (Å²) in [6, 6.07) is 4.18. The zero-order valence-corrected chi connectivity index (χ0v) is 14.1. The van der Waals surface area contributed by atoms with E-state index in [0.29, 0.717) is 6.61 Å². The zero-order valence-electron chi connectivity index (χ0n) is 14.1. The minimum Gasteiger partial charge on any atom is -0.493 e. The number of alkyl halides is 3. The number of hydrogen-bond donors (Lipinski definition) is 1. The average molecular weight is 344 g/mol. The maximum Gasteiger partial charge on any atom is 0.410 e. The summed E-state index contributed by atoms with van der Waals surface area (Å²) >= 11 is 0. The highest BCUT2D eigenvalue weighted by Crippen LogP contribution is 2.43. The Bertz CT molecular complexity index is 587. The SMILES string of the molecule is CCCCOc1ccccc1[C@H](N1CC(C)(C)C(=O)N1)C(F)(F)F. The fraction of sp³-hybridized carbons (Fsp3) is 0.588. The van der Waals surface area contributed by atoms with E-state index >= 15 is 0 Å². The van der Waals surface area contributed by atoms with Crippen LogP contribution in [0.3, 0.4) is 0 Å². The molecule has 0 spiro atoms. The van der Waals surface area contributed by atoms with Crippen LogP contribution in [0.2, 0.25) is 0 Å². The normalized spacial score (nSPS) is 19.2. The van der Waals surface area contributed by atoms with Crippen LogP contribution in [-0.4, -0.2) is 30.2 Å². The van der Waals surface area contributed by atoms with Crippen LogP contribution in [0, 0.1) is 5.41 Å². The van der Waals surface area contributed by atoms with Crippen molar-refractivity contribution in [2.75, 3.05) is 13.2 Å². The summed E-state index contributed by atoms with van der Waals surface area (Å²) in [5.74, 6) is -0.214. The molecule has 4 nitrogen and oxygen atoms in total. The third-order valence-electron chi connectivity index (χ3n) is 4.02. The fourth-order valence-corrected chi connectivity index (χ4v) is 2.66. The molecule has 1 N–H and O–H groups in total. The van der Waals surface area contributed by atoms with Gasteiger partial charge in [-0.2, -0.15) is 13.2 Å². The number of carbonyl (C=O) groups excluding carboxylic acids is 1. The molecule has 1 saturated heterocycles. The monoisotopic (exact) mass is 344 g/mol. The Hall–Kier alpha value is -1.76. The highest BCUT2D eigenvalue weighted by Gasteiger charge is 2.51. The van der Waals surface area contributed by atoms with Gasteiger partial charge in [-0.25, -0.2) is 5.01 Å². The zero-order chi connectivity index (χ0) is 18.0. The molecule has 1 aromatic carbocycles. The van der Waals surface area contributed by atoms with Gasteiger partial charge >= 0.3 is 6.18 Å². The van der Waals surface area contributed by atoms with Crippen LogP contribution < -0.4 is 10.2 Å². The van der Waals surface area contributed by atoms with Crippen molar-refractivity contribution in [3.63, 3.8) is 0 Å². The molecule has 0 aromatic heterocycles. The van der Waals surface area contributed by atoms with Gasteiger partial charge in [0, 0.05) is 12.1 Å². The summed E-state index contributed by atoms with van der Waals surface area (Å²) < 4.78 is 46.8. The van der Waals surface area contributed by atoms with Crippen LogP contribution >= 0.6 is 0 Å². The summed E-state index contributed by atoms with van der Waals surface area (Å²) in [6.07, 6.45) is -2.89. The average Bonchev–Trinajstić information content (AvgIpc) is 2.73. The van der Waals surface area contributed by atoms with Gasteiger partial charge in [0.1, 0.15) is 5.75 Å². The van der Waals surface area contributed by atoms with E-state index in [1.165, 1.54) is 12.1 Å². The van der Waals surface area contributed by atoms with Crippen LogP contribution in [0.1, 0.15) is 45.2 Å². The molecular weight excluding hydrogens is 321 g/mol. The molecule has 1 fully saturated rings. The highest BCUT2D eigenvalue weighted by molar-refractivity contribution is 5.83. The first kappa shape index (κ1) is 18.6. The molecule has 0 saturated carbocycles. The largest absolute Gasteiger partial charge is 0.493 e. The number of nitrogens with one attached hydrogen (secondary N) is 1. The number of para-hydroxylation sites is 1. The molecule has 0 unspecified atom stereocenters.